The molecule has 1 fully saturated rings. The summed E-state index contributed by atoms with van der Waals surface area (Å²) in [7, 11) is 0. The highest BCUT2D eigenvalue weighted by molar-refractivity contribution is 5.82. The van der Waals surface area contributed by atoms with Gasteiger partial charge in [-0.3, -0.25) is 4.79 Å². The number of carbonyl (C=O) groups is 1. The number of Topliss-reactive ketones (excluding diaryl/α,β-unsaturated/α-hetero) is 1. The topological polar surface area (TPSA) is 17.1 Å². The first-order chi connectivity index (χ1) is 6.29. The maximum Gasteiger partial charge on any atom is 0.136 e. The van der Waals surface area contributed by atoms with Gasteiger partial charge in [0.05, 0.1) is 0 Å². The van der Waals surface area contributed by atoms with Gasteiger partial charge < -0.3 is 0 Å². The number of hydrogen-bond acceptors (Lipinski definition) is 1. The summed E-state index contributed by atoms with van der Waals surface area (Å²) in [6.45, 7) is 2.24. The Balaban J connectivity index is 2.24. The monoisotopic (exact) mass is 178 g/mol. The van der Waals surface area contributed by atoms with Gasteiger partial charge in [-0.2, -0.15) is 0 Å². The average Bonchev–Trinajstić information content (AvgIpc) is 2.14. The molecule has 1 nitrogen and oxygen atoms in total. The molecule has 0 radical (unpaired) electrons. The van der Waals surface area contributed by atoms with Gasteiger partial charge in [-0.15, -0.1) is 0 Å². The molecule has 1 saturated carbocycles. The summed E-state index contributed by atoms with van der Waals surface area (Å²) < 4.78 is 0. The molecule has 0 aromatic rings. The molecule has 2 bridgehead atoms. The Hall–Kier alpha value is -0.590. The second-order valence-corrected chi connectivity index (χ2v) is 4.42. The van der Waals surface area contributed by atoms with Gasteiger partial charge in [0.2, 0.25) is 0 Å². The lowest BCUT2D eigenvalue weighted by atomic mass is 9.72. The predicted octanol–water partition coefficient (Wildman–Crippen LogP) is 3.10. The van der Waals surface area contributed by atoms with Crippen LogP contribution in [-0.4, -0.2) is 5.78 Å². The van der Waals surface area contributed by atoms with E-state index in [4.69, 9.17) is 0 Å². The van der Waals surface area contributed by atoms with E-state index in [1.165, 1.54) is 12.8 Å². The molecule has 0 N–H and O–H groups in total. The maximum absolute atomic E-state index is 11.8. The molecule has 1 heteroatoms. The van der Waals surface area contributed by atoms with Crippen molar-refractivity contribution in [2.75, 3.05) is 0 Å². The largest absolute Gasteiger partial charge is 0.299 e. The lowest BCUT2D eigenvalue weighted by Gasteiger charge is -2.31. The molecule has 0 spiro atoms. The molecule has 0 saturated heterocycles. The maximum atomic E-state index is 11.8. The van der Waals surface area contributed by atoms with Crippen molar-refractivity contribution in [1.29, 1.82) is 0 Å². The first-order valence-electron chi connectivity index (χ1n) is 5.50. The minimum Gasteiger partial charge on any atom is -0.299 e. The Morgan fingerprint density at radius 1 is 1.31 bits per heavy atom. The van der Waals surface area contributed by atoms with Crippen molar-refractivity contribution in [2.24, 2.45) is 11.8 Å². The first kappa shape index (κ1) is 8.98. The fourth-order valence-corrected chi connectivity index (χ4v) is 2.74. The number of hydrogen-bond donors (Lipinski definition) is 0. The van der Waals surface area contributed by atoms with Gasteiger partial charge in [-0.1, -0.05) is 18.6 Å². The molecule has 2 aliphatic carbocycles. The second kappa shape index (κ2) is 3.65. The summed E-state index contributed by atoms with van der Waals surface area (Å²) in [4.78, 5) is 11.8. The molecule has 2 aliphatic rings. The van der Waals surface area contributed by atoms with Crippen LogP contribution < -0.4 is 0 Å². The number of carbonyl (C=O) groups excluding carboxylic acids is 1. The summed E-state index contributed by atoms with van der Waals surface area (Å²) >= 11 is 0. The van der Waals surface area contributed by atoms with E-state index in [2.05, 4.69) is 13.0 Å². The van der Waals surface area contributed by atoms with Gasteiger partial charge in [-0.05, 0) is 38.0 Å². The van der Waals surface area contributed by atoms with Crippen molar-refractivity contribution < 1.29 is 4.79 Å². The van der Waals surface area contributed by atoms with Crippen LogP contribution in [0.25, 0.3) is 0 Å². The van der Waals surface area contributed by atoms with Gasteiger partial charge in [-0.25, -0.2) is 0 Å². The van der Waals surface area contributed by atoms with Gasteiger partial charge in [0, 0.05) is 12.3 Å². The number of allylic oxidation sites excluding steroid dienone is 2. The SMILES string of the molecule is CC1/C2=C\CCCC(=O)[C@H]1CCC2. The standard InChI is InChI=1S/C12H18O/c1-9-10-5-2-3-8-12(13)11(9)7-4-6-10/h5,9,11H,2-4,6-8H2,1H3/b10-5-/t9?,11-/m0/s1. The van der Waals surface area contributed by atoms with E-state index < -0.39 is 0 Å². The molecule has 2 rings (SSSR count). The minimum absolute atomic E-state index is 0.361. The molecule has 0 aliphatic heterocycles. The third kappa shape index (κ3) is 1.70. The Morgan fingerprint density at radius 3 is 3.00 bits per heavy atom. The highest BCUT2D eigenvalue weighted by Crippen LogP contribution is 2.37. The molecular formula is C12H18O. The van der Waals surface area contributed by atoms with Crippen molar-refractivity contribution >= 4 is 5.78 Å². The van der Waals surface area contributed by atoms with Crippen LogP contribution in [0, 0.1) is 11.8 Å². The molecule has 13 heavy (non-hydrogen) atoms. The quantitative estimate of drug-likeness (QED) is 0.521. The zero-order chi connectivity index (χ0) is 9.26. The van der Waals surface area contributed by atoms with Crippen LogP contribution in [-0.2, 0) is 4.79 Å². The van der Waals surface area contributed by atoms with Crippen LogP contribution in [0.15, 0.2) is 11.6 Å². The predicted molar refractivity (Wildman–Crippen MR) is 53.4 cm³/mol. The smallest absolute Gasteiger partial charge is 0.136 e. The summed E-state index contributed by atoms with van der Waals surface area (Å²) in [6, 6.07) is 0. The highest BCUT2D eigenvalue weighted by Gasteiger charge is 2.30. The van der Waals surface area contributed by atoms with Crippen LogP contribution in [0.4, 0.5) is 0 Å². The third-order valence-electron chi connectivity index (χ3n) is 3.62. The van der Waals surface area contributed by atoms with Gasteiger partial charge in [0.25, 0.3) is 0 Å². The second-order valence-electron chi connectivity index (χ2n) is 4.42. The number of rotatable bonds is 0. The van der Waals surface area contributed by atoms with Crippen LogP contribution in [0.5, 0.6) is 0 Å². The van der Waals surface area contributed by atoms with Crippen LogP contribution >= 0.6 is 0 Å². The summed E-state index contributed by atoms with van der Waals surface area (Å²) in [5.74, 6) is 1.43. The minimum atomic E-state index is 0.361. The van der Waals surface area contributed by atoms with E-state index in [0.717, 1.165) is 25.7 Å². The zero-order valence-electron chi connectivity index (χ0n) is 8.38. The van der Waals surface area contributed by atoms with Crippen molar-refractivity contribution in [3.05, 3.63) is 11.6 Å². The molecule has 1 unspecified atom stereocenters. The fraction of sp³-hybridized carbons (Fsp3) is 0.750. The first-order valence-corrected chi connectivity index (χ1v) is 5.50. The molecule has 0 heterocycles. The van der Waals surface area contributed by atoms with Gasteiger partial charge in [0.15, 0.2) is 0 Å². The van der Waals surface area contributed by atoms with E-state index >= 15 is 0 Å². The van der Waals surface area contributed by atoms with E-state index in [0.29, 0.717) is 17.6 Å². The molecule has 2 atom stereocenters. The zero-order valence-corrected chi connectivity index (χ0v) is 8.38. The number of fused-ring (bicyclic) bond motifs is 2. The van der Waals surface area contributed by atoms with Crippen molar-refractivity contribution in [1.82, 2.24) is 0 Å². The van der Waals surface area contributed by atoms with E-state index in [-0.39, 0.29) is 0 Å². The van der Waals surface area contributed by atoms with Crippen LogP contribution in [0.3, 0.4) is 0 Å². The molecule has 0 amide bonds. The van der Waals surface area contributed by atoms with Crippen molar-refractivity contribution in [3.63, 3.8) is 0 Å². The lowest BCUT2D eigenvalue weighted by molar-refractivity contribution is -0.124. The third-order valence-corrected chi connectivity index (χ3v) is 3.62. The van der Waals surface area contributed by atoms with E-state index in [1.54, 1.807) is 5.57 Å². The summed E-state index contributed by atoms with van der Waals surface area (Å²) in [5, 5.41) is 0. The highest BCUT2D eigenvalue weighted by atomic mass is 16.1. The molecule has 0 aromatic heterocycles. The fourth-order valence-electron chi connectivity index (χ4n) is 2.74. The van der Waals surface area contributed by atoms with Crippen LogP contribution in [0.1, 0.15) is 45.4 Å². The summed E-state index contributed by atoms with van der Waals surface area (Å²) in [6.07, 6.45) is 9.01. The van der Waals surface area contributed by atoms with Crippen LogP contribution in [0.2, 0.25) is 0 Å². The van der Waals surface area contributed by atoms with Gasteiger partial charge in [0.1, 0.15) is 5.78 Å². The Bertz CT molecular complexity index is 240. The Morgan fingerprint density at radius 2 is 2.15 bits per heavy atom. The molecular weight excluding hydrogens is 160 g/mol. The van der Waals surface area contributed by atoms with E-state index in [9.17, 15) is 4.79 Å². The van der Waals surface area contributed by atoms with Crippen molar-refractivity contribution in [2.45, 2.75) is 45.4 Å². The van der Waals surface area contributed by atoms with E-state index in [1.807, 2.05) is 0 Å². The van der Waals surface area contributed by atoms with Gasteiger partial charge >= 0.3 is 0 Å². The number of ketones is 1. The lowest BCUT2D eigenvalue weighted by Crippen LogP contribution is -2.28. The molecule has 0 aromatic carbocycles. The Kier molecular flexibility index (Phi) is 2.52. The average molecular weight is 178 g/mol. The Labute approximate surface area is 80.2 Å². The summed E-state index contributed by atoms with van der Waals surface area (Å²) in [5.41, 5.74) is 1.56. The van der Waals surface area contributed by atoms with Crippen molar-refractivity contribution in [3.8, 4) is 0 Å². The molecule has 72 valence electrons. The normalized spacial score (nSPS) is 38.8.